The van der Waals surface area contributed by atoms with Gasteiger partial charge in [0.1, 0.15) is 5.82 Å². The lowest BCUT2D eigenvalue weighted by molar-refractivity contribution is -0.171. The first kappa shape index (κ1) is 16.9. The van der Waals surface area contributed by atoms with Crippen molar-refractivity contribution in [2.24, 2.45) is 11.8 Å². The minimum absolute atomic E-state index is 0.0121. The van der Waals surface area contributed by atoms with Gasteiger partial charge in [0.25, 0.3) is 0 Å². The van der Waals surface area contributed by atoms with Gasteiger partial charge in [-0.2, -0.15) is 0 Å². The Kier molecular flexibility index (Phi) is 5.01. The summed E-state index contributed by atoms with van der Waals surface area (Å²) in [5, 5.41) is 1.50. The smallest absolute Gasteiger partial charge is 0.248 e. The summed E-state index contributed by atoms with van der Waals surface area (Å²) in [6, 6.07) is 6.82. The number of hydroxylamine groups is 2. The highest BCUT2D eigenvalue weighted by Gasteiger charge is 2.42. The second-order valence-electron chi connectivity index (χ2n) is 7.34. The van der Waals surface area contributed by atoms with Crippen LogP contribution in [-0.4, -0.2) is 54.8 Å². The van der Waals surface area contributed by atoms with E-state index in [0.717, 1.165) is 38.0 Å². The van der Waals surface area contributed by atoms with E-state index in [4.69, 9.17) is 9.57 Å². The number of amides is 1. The van der Waals surface area contributed by atoms with Crippen molar-refractivity contribution in [2.75, 3.05) is 32.8 Å². The Morgan fingerprint density at radius 3 is 3.04 bits per heavy atom. The summed E-state index contributed by atoms with van der Waals surface area (Å²) in [6.07, 6.45) is 2.38. The van der Waals surface area contributed by atoms with Crippen molar-refractivity contribution in [1.29, 1.82) is 0 Å². The van der Waals surface area contributed by atoms with Crippen molar-refractivity contribution in [3.8, 4) is 0 Å². The summed E-state index contributed by atoms with van der Waals surface area (Å²) >= 11 is 0. The Morgan fingerprint density at radius 2 is 2.24 bits per heavy atom. The van der Waals surface area contributed by atoms with Crippen LogP contribution in [0.4, 0.5) is 4.39 Å². The number of likely N-dealkylation sites (tertiary alicyclic amines) is 1. The molecule has 0 saturated carbocycles. The normalized spacial score (nSPS) is 29.8. The number of benzene rings is 1. The number of hydrogen-bond acceptors (Lipinski definition) is 4. The summed E-state index contributed by atoms with van der Waals surface area (Å²) < 4.78 is 19.3. The van der Waals surface area contributed by atoms with E-state index in [1.54, 1.807) is 12.1 Å². The number of fused-ring (bicyclic) bond motifs is 1. The number of carbonyl (C=O) groups excluding carboxylic acids is 1. The fourth-order valence-electron chi connectivity index (χ4n) is 4.33. The first-order chi connectivity index (χ1) is 12.2. The van der Waals surface area contributed by atoms with Crippen LogP contribution >= 0.6 is 0 Å². The highest BCUT2D eigenvalue weighted by Crippen LogP contribution is 2.36. The van der Waals surface area contributed by atoms with Gasteiger partial charge in [-0.3, -0.25) is 14.5 Å². The van der Waals surface area contributed by atoms with Gasteiger partial charge in [-0.15, -0.1) is 0 Å². The third-order valence-electron chi connectivity index (χ3n) is 5.58. The first-order valence-corrected chi connectivity index (χ1v) is 9.21. The van der Waals surface area contributed by atoms with Gasteiger partial charge >= 0.3 is 0 Å². The molecule has 0 aromatic heterocycles. The molecule has 136 valence electrons. The van der Waals surface area contributed by atoms with Crippen molar-refractivity contribution < 1.29 is 18.8 Å². The molecule has 1 aromatic rings. The molecule has 3 aliphatic heterocycles. The SMILES string of the molecule is O=C(C[C@H]1OC[C@H]2CN(Cc3cccc(F)c3)CC[C@H]21)N1CCCO1. The van der Waals surface area contributed by atoms with Crippen molar-refractivity contribution in [3.63, 3.8) is 0 Å². The summed E-state index contributed by atoms with van der Waals surface area (Å²) in [7, 11) is 0. The largest absolute Gasteiger partial charge is 0.377 e. The van der Waals surface area contributed by atoms with Crippen LogP contribution in [0.3, 0.4) is 0 Å². The summed E-state index contributed by atoms with van der Waals surface area (Å²) in [4.78, 5) is 20.0. The van der Waals surface area contributed by atoms with Gasteiger partial charge in [0.2, 0.25) is 5.91 Å². The lowest BCUT2D eigenvalue weighted by Gasteiger charge is -2.35. The molecule has 1 aromatic carbocycles. The van der Waals surface area contributed by atoms with Gasteiger partial charge in [0.15, 0.2) is 0 Å². The van der Waals surface area contributed by atoms with Gasteiger partial charge < -0.3 is 4.74 Å². The molecule has 3 heterocycles. The number of piperidine rings is 1. The highest BCUT2D eigenvalue weighted by atomic mass is 19.1. The summed E-state index contributed by atoms with van der Waals surface area (Å²) in [5.74, 6) is 0.763. The molecule has 25 heavy (non-hydrogen) atoms. The van der Waals surface area contributed by atoms with E-state index in [-0.39, 0.29) is 17.8 Å². The van der Waals surface area contributed by atoms with Crippen LogP contribution in [0.25, 0.3) is 0 Å². The molecule has 5 nitrogen and oxygen atoms in total. The van der Waals surface area contributed by atoms with E-state index in [1.165, 1.54) is 11.1 Å². The number of nitrogens with zero attached hydrogens (tertiary/aromatic N) is 2. The van der Waals surface area contributed by atoms with E-state index < -0.39 is 0 Å². The van der Waals surface area contributed by atoms with Crippen LogP contribution < -0.4 is 0 Å². The van der Waals surface area contributed by atoms with Crippen LogP contribution in [-0.2, 0) is 20.9 Å². The molecule has 0 spiro atoms. The quantitative estimate of drug-likeness (QED) is 0.837. The molecule has 0 aliphatic carbocycles. The Hall–Kier alpha value is -1.50. The zero-order chi connectivity index (χ0) is 17.2. The first-order valence-electron chi connectivity index (χ1n) is 9.21. The summed E-state index contributed by atoms with van der Waals surface area (Å²) in [5.41, 5.74) is 1.01. The van der Waals surface area contributed by atoms with Crippen LogP contribution in [0, 0.1) is 17.7 Å². The molecule has 4 rings (SSSR count). The Morgan fingerprint density at radius 1 is 1.32 bits per heavy atom. The van der Waals surface area contributed by atoms with Crippen LogP contribution in [0.5, 0.6) is 0 Å². The molecule has 0 unspecified atom stereocenters. The van der Waals surface area contributed by atoms with Gasteiger partial charge in [0, 0.05) is 19.0 Å². The van der Waals surface area contributed by atoms with Crippen molar-refractivity contribution in [1.82, 2.24) is 9.96 Å². The van der Waals surface area contributed by atoms with E-state index >= 15 is 0 Å². The molecule has 0 bridgehead atoms. The van der Waals surface area contributed by atoms with E-state index in [0.29, 0.717) is 38.0 Å². The minimum Gasteiger partial charge on any atom is -0.377 e. The Labute approximate surface area is 147 Å². The molecule has 3 fully saturated rings. The maximum atomic E-state index is 13.4. The second kappa shape index (κ2) is 7.40. The Bertz CT molecular complexity index is 620. The molecular weight excluding hydrogens is 323 g/mol. The lowest BCUT2D eigenvalue weighted by atomic mass is 9.83. The Balaban J connectivity index is 1.31. The average Bonchev–Trinajstić information content (AvgIpc) is 3.25. The summed E-state index contributed by atoms with van der Waals surface area (Å²) in [6.45, 7) is 4.73. The molecule has 3 aliphatic rings. The van der Waals surface area contributed by atoms with Gasteiger partial charge in [-0.1, -0.05) is 12.1 Å². The number of hydrogen-bond donors (Lipinski definition) is 0. The molecular formula is C19H25FN2O3. The van der Waals surface area contributed by atoms with Gasteiger partial charge in [0.05, 0.1) is 32.3 Å². The maximum absolute atomic E-state index is 13.4. The van der Waals surface area contributed by atoms with E-state index in [1.807, 2.05) is 6.07 Å². The third-order valence-corrected chi connectivity index (χ3v) is 5.58. The van der Waals surface area contributed by atoms with E-state index in [2.05, 4.69) is 4.90 Å². The number of ether oxygens (including phenoxy) is 1. The standard InChI is InChI=1S/C19H25FN2O3/c20-16-4-1-3-14(9-16)11-21-7-5-17-15(12-21)13-24-18(17)10-19(23)22-6-2-8-25-22/h1,3-4,9,15,17-18H,2,5-8,10-13H2/t15-,17-,18-/m1/s1. The van der Waals surface area contributed by atoms with Crippen LogP contribution in [0.1, 0.15) is 24.8 Å². The number of halogens is 1. The zero-order valence-corrected chi connectivity index (χ0v) is 14.4. The molecule has 3 atom stereocenters. The third kappa shape index (κ3) is 3.86. The molecule has 6 heteroatoms. The molecule has 0 radical (unpaired) electrons. The molecule has 1 amide bonds. The maximum Gasteiger partial charge on any atom is 0.248 e. The second-order valence-corrected chi connectivity index (χ2v) is 7.34. The topological polar surface area (TPSA) is 42.0 Å². The van der Waals surface area contributed by atoms with Crippen LogP contribution in [0.15, 0.2) is 24.3 Å². The fraction of sp³-hybridized carbons (Fsp3) is 0.632. The van der Waals surface area contributed by atoms with Gasteiger partial charge in [-0.05, 0) is 43.0 Å². The van der Waals surface area contributed by atoms with Gasteiger partial charge in [-0.25, -0.2) is 9.45 Å². The zero-order valence-electron chi connectivity index (χ0n) is 14.4. The monoisotopic (exact) mass is 348 g/mol. The van der Waals surface area contributed by atoms with Crippen LogP contribution in [0.2, 0.25) is 0 Å². The highest BCUT2D eigenvalue weighted by molar-refractivity contribution is 5.75. The number of carbonyl (C=O) groups is 1. The van der Waals surface area contributed by atoms with E-state index in [9.17, 15) is 9.18 Å². The lowest BCUT2D eigenvalue weighted by Crippen LogP contribution is -2.42. The predicted octanol–water partition coefficient (Wildman–Crippen LogP) is 2.22. The fourth-order valence-corrected chi connectivity index (χ4v) is 4.33. The minimum atomic E-state index is -0.181. The predicted molar refractivity (Wildman–Crippen MR) is 89.9 cm³/mol. The molecule has 3 saturated heterocycles. The molecule has 0 N–H and O–H groups in total. The van der Waals surface area contributed by atoms with Crippen molar-refractivity contribution in [3.05, 3.63) is 35.6 Å². The average molecular weight is 348 g/mol. The number of rotatable bonds is 4. The van der Waals surface area contributed by atoms with Crippen molar-refractivity contribution in [2.45, 2.75) is 31.9 Å². The van der Waals surface area contributed by atoms with Crippen molar-refractivity contribution >= 4 is 5.91 Å².